The molecule has 1 aliphatic rings. The normalized spacial score (nSPS) is 18.5. The summed E-state index contributed by atoms with van der Waals surface area (Å²) in [6.45, 7) is 7.00. The number of pyridine rings is 1. The van der Waals surface area contributed by atoms with Crippen LogP contribution in [0.3, 0.4) is 0 Å². The van der Waals surface area contributed by atoms with E-state index in [9.17, 15) is 0 Å². The van der Waals surface area contributed by atoms with Gasteiger partial charge in [0.2, 0.25) is 0 Å². The highest BCUT2D eigenvalue weighted by molar-refractivity contribution is 7.19. The van der Waals surface area contributed by atoms with Crippen molar-refractivity contribution in [3.8, 4) is 6.07 Å². The molecule has 0 saturated carbocycles. The van der Waals surface area contributed by atoms with Gasteiger partial charge in [-0.2, -0.15) is 5.26 Å². The van der Waals surface area contributed by atoms with Crippen molar-refractivity contribution in [3.63, 3.8) is 0 Å². The smallest absolute Gasteiger partial charge is 0.130 e. The Morgan fingerprint density at radius 3 is 2.95 bits per heavy atom. The molecule has 3 nitrogen and oxygen atoms in total. The zero-order valence-electron chi connectivity index (χ0n) is 12.9. The maximum Gasteiger partial charge on any atom is 0.130 e. The molecule has 0 unspecified atom stereocenters. The van der Waals surface area contributed by atoms with Crippen molar-refractivity contribution in [1.82, 2.24) is 4.98 Å². The summed E-state index contributed by atoms with van der Waals surface area (Å²) in [6, 6.07) is 4.35. The van der Waals surface area contributed by atoms with Crippen LogP contribution in [0.2, 0.25) is 0 Å². The zero-order valence-corrected chi connectivity index (χ0v) is 13.7. The Labute approximate surface area is 129 Å². The monoisotopic (exact) mass is 299 g/mol. The maximum absolute atomic E-state index is 9.12. The minimum atomic E-state index is 0.366. The van der Waals surface area contributed by atoms with Crippen molar-refractivity contribution < 1.29 is 0 Å². The molecule has 4 heteroatoms. The Balaban J connectivity index is 2.05. The Bertz CT molecular complexity index is 737. The minimum absolute atomic E-state index is 0.366. The van der Waals surface area contributed by atoms with Gasteiger partial charge in [-0.15, -0.1) is 11.3 Å². The Morgan fingerprint density at radius 2 is 2.29 bits per heavy atom. The summed E-state index contributed by atoms with van der Waals surface area (Å²) >= 11 is 1.41. The summed E-state index contributed by atoms with van der Waals surface area (Å²) in [5.41, 5.74) is 9.58. The highest BCUT2D eigenvalue weighted by Gasteiger charge is 2.32. The van der Waals surface area contributed by atoms with Crippen LogP contribution in [0.15, 0.2) is 6.07 Å². The van der Waals surface area contributed by atoms with Gasteiger partial charge >= 0.3 is 0 Å². The molecule has 0 spiro atoms. The summed E-state index contributed by atoms with van der Waals surface area (Å²) < 4.78 is 0. The first-order valence-electron chi connectivity index (χ1n) is 7.57. The number of anilines is 1. The fourth-order valence-electron chi connectivity index (χ4n) is 3.23. The molecule has 1 aliphatic carbocycles. The van der Waals surface area contributed by atoms with Crippen LogP contribution in [0.25, 0.3) is 10.2 Å². The molecule has 1 atom stereocenters. The highest BCUT2D eigenvalue weighted by Crippen LogP contribution is 2.41. The summed E-state index contributed by atoms with van der Waals surface area (Å²) in [6.07, 6.45) is 4.52. The predicted molar refractivity (Wildman–Crippen MR) is 88.3 cm³/mol. The lowest BCUT2D eigenvalue weighted by Gasteiger charge is -2.36. The van der Waals surface area contributed by atoms with Crippen molar-refractivity contribution in [2.24, 2.45) is 11.3 Å². The summed E-state index contributed by atoms with van der Waals surface area (Å²) in [4.78, 5) is 6.28. The number of hydrogen-bond donors (Lipinski definition) is 1. The molecular weight excluding hydrogens is 278 g/mol. The van der Waals surface area contributed by atoms with Crippen molar-refractivity contribution >= 4 is 27.2 Å². The number of hydrogen-bond acceptors (Lipinski definition) is 4. The molecule has 0 bridgehead atoms. The number of fused-ring (bicyclic) bond motifs is 2. The molecule has 0 aromatic carbocycles. The Hall–Kier alpha value is -1.60. The first kappa shape index (κ1) is 14.3. The van der Waals surface area contributed by atoms with Gasteiger partial charge in [0.25, 0.3) is 0 Å². The minimum Gasteiger partial charge on any atom is -0.396 e. The molecule has 0 radical (unpaired) electrons. The van der Waals surface area contributed by atoms with Gasteiger partial charge < -0.3 is 5.73 Å². The van der Waals surface area contributed by atoms with Crippen molar-refractivity contribution in [2.75, 3.05) is 5.73 Å². The lowest BCUT2D eigenvalue weighted by Crippen LogP contribution is -2.29. The maximum atomic E-state index is 9.12. The zero-order chi connectivity index (χ0) is 15.2. The molecular formula is C17H21N3S. The second-order valence-electron chi connectivity index (χ2n) is 6.69. The summed E-state index contributed by atoms with van der Waals surface area (Å²) in [5, 5.41) is 10.1. The van der Waals surface area contributed by atoms with Gasteiger partial charge in [-0.3, -0.25) is 0 Å². The fraction of sp³-hybridized carbons (Fsp3) is 0.529. The highest BCUT2D eigenvalue weighted by atomic mass is 32.1. The largest absolute Gasteiger partial charge is 0.396 e. The number of aromatic nitrogens is 1. The predicted octanol–water partition coefficient (Wildman–Crippen LogP) is 4.29. The van der Waals surface area contributed by atoms with E-state index in [1.54, 1.807) is 0 Å². The molecule has 0 saturated heterocycles. The standard InChI is InChI=1S/C17H21N3S/c1-4-17(2,3)11-5-6-13-10(7-11)8-12-15(19)14(9-18)21-16(12)20-13/h8,11H,4-7,19H2,1-3H3/t11-/m1/s1. The topological polar surface area (TPSA) is 62.7 Å². The van der Waals surface area contributed by atoms with Gasteiger partial charge in [-0.25, -0.2) is 4.98 Å². The number of nitrogen functional groups attached to an aromatic ring is 1. The molecule has 21 heavy (non-hydrogen) atoms. The molecule has 0 fully saturated rings. The molecule has 3 rings (SSSR count). The molecule has 0 aliphatic heterocycles. The summed E-state index contributed by atoms with van der Waals surface area (Å²) in [7, 11) is 0. The van der Waals surface area contributed by atoms with E-state index < -0.39 is 0 Å². The van der Waals surface area contributed by atoms with E-state index in [1.807, 2.05) is 0 Å². The summed E-state index contributed by atoms with van der Waals surface area (Å²) in [5.74, 6) is 0.699. The van der Waals surface area contributed by atoms with Crippen LogP contribution in [0, 0.1) is 22.7 Å². The molecule has 2 N–H and O–H groups in total. The lowest BCUT2D eigenvalue weighted by atomic mass is 9.69. The van der Waals surface area contributed by atoms with Crippen molar-refractivity contribution in [3.05, 3.63) is 22.2 Å². The molecule has 2 heterocycles. The first-order valence-corrected chi connectivity index (χ1v) is 8.38. The number of aryl methyl sites for hydroxylation is 1. The van der Waals surface area contributed by atoms with Gasteiger partial charge in [-0.1, -0.05) is 27.2 Å². The SMILES string of the molecule is CCC(C)(C)[C@@H]1CCc2nc3sc(C#N)c(N)c3cc2C1. The van der Waals surface area contributed by atoms with Crippen LogP contribution in [-0.4, -0.2) is 4.98 Å². The van der Waals surface area contributed by atoms with E-state index in [2.05, 4.69) is 32.9 Å². The quantitative estimate of drug-likeness (QED) is 0.899. The third-order valence-corrected chi connectivity index (χ3v) is 6.22. The number of nitrogens with two attached hydrogens (primary N) is 1. The van der Waals surface area contributed by atoms with E-state index in [-0.39, 0.29) is 0 Å². The molecule has 110 valence electrons. The third-order valence-electron chi connectivity index (χ3n) is 5.20. The second-order valence-corrected chi connectivity index (χ2v) is 7.68. The van der Waals surface area contributed by atoms with E-state index in [4.69, 9.17) is 16.0 Å². The van der Waals surface area contributed by atoms with Crippen molar-refractivity contribution in [1.29, 1.82) is 5.26 Å². The van der Waals surface area contributed by atoms with Crippen LogP contribution in [0.5, 0.6) is 0 Å². The second kappa shape index (κ2) is 4.99. The van der Waals surface area contributed by atoms with Crippen LogP contribution < -0.4 is 5.73 Å². The molecule has 2 aromatic rings. The Kier molecular flexibility index (Phi) is 3.41. The van der Waals surface area contributed by atoms with Gasteiger partial charge in [0.1, 0.15) is 15.8 Å². The van der Waals surface area contributed by atoms with Crippen LogP contribution in [-0.2, 0) is 12.8 Å². The fourth-order valence-corrected chi connectivity index (χ4v) is 4.12. The van der Waals surface area contributed by atoms with E-state index >= 15 is 0 Å². The van der Waals surface area contributed by atoms with Gasteiger partial charge in [-0.05, 0) is 42.2 Å². The number of rotatable bonds is 2. The van der Waals surface area contributed by atoms with E-state index in [0.717, 1.165) is 23.1 Å². The third kappa shape index (κ3) is 2.30. The average molecular weight is 299 g/mol. The number of nitrogens with zero attached hydrogens (tertiary/aromatic N) is 2. The van der Waals surface area contributed by atoms with Crippen LogP contribution >= 0.6 is 11.3 Å². The van der Waals surface area contributed by atoms with Crippen molar-refractivity contribution in [2.45, 2.75) is 46.5 Å². The first-order chi connectivity index (χ1) is 9.96. The number of nitriles is 1. The van der Waals surface area contributed by atoms with E-state index in [1.165, 1.54) is 35.4 Å². The van der Waals surface area contributed by atoms with E-state index in [0.29, 0.717) is 21.9 Å². The molecule has 2 aromatic heterocycles. The number of thiophene rings is 1. The molecule has 0 amide bonds. The lowest BCUT2D eigenvalue weighted by molar-refractivity contribution is 0.182. The van der Waals surface area contributed by atoms with Crippen LogP contribution in [0.4, 0.5) is 5.69 Å². The van der Waals surface area contributed by atoms with Gasteiger partial charge in [0, 0.05) is 11.1 Å². The average Bonchev–Trinajstić information content (AvgIpc) is 2.80. The van der Waals surface area contributed by atoms with Crippen LogP contribution in [0.1, 0.15) is 49.7 Å². The van der Waals surface area contributed by atoms with Gasteiger partial charge in [0.15, 0.2) is 0 Å². The Morgan fingerprint density at radius 1 is 1.52 bits per heavy atom. The van der Waals surface area contributed by atoms with Gasteiger partial charge in [0.05, 0.1) is 5.69 Å².